The fourth-order valence-corrected chi connectivity index (χ4v) is 2.56. The highest BCUT2D eigenvalue weighted by molar-refractivity contribution is 6.35. The minimum Gasteiger partial charge on any atom is -0.371 e. The Hall–Kier alpha value is -1.92. The summed E-state index contributed by atoms with van der Waals surface area (Å²) >= 11 is 0. The number of hydrogen-bond donors (Lipinski definition) is 2. The molecule has 0 aromatic heterocycles. The number of carbonyl (C=O) groups excluding carboxylic acids is 2. The van der Waals surface area contributed by atoms with E-state index in [1.807, 2.05) is 32.0 Å². The molecule has 0 spiro atoms. The molecule has 1 heterocycles. The van der Waals surface area contributed by atoms with Gasteiger partial charge in [-0.25, -0.2) is 0 Å². The number of carbonyl (C=O) groups is 2. The van der Waals surface area contributed by atoms with Gasteiger partial charge in [0.05, 0.1) is 12.7 Å². The zero-order valence-electron chi connectivity index (χ0n) is 14.5. The van der Waals surface area contributed by atoms with Crippen LogP contribution in [0.5, 0.6) is 0 Å². The normalized spacial score (nSPS) is 18.4. The van der Waals surface area contributed by atoms with E-state index in [0.717, 1.165) is 13.1 Å². The summed E-state index contributed by atoms with van der Waals surface area (Å²) in [5, 5.41) is 5.29. The molecular formula is C18H27N3O3. The molecule has 132 valence electrons. The number of amides is 2. The number of nitrogens with one attached hydrogen (secondary N) is 2. The van der Waals surface area contributed by atoms with E-state index in [1.54, 1.807) is 0 Å². The summed E-state index contributed by atoms with van der Waals surface area (Å²) in [6.07, 6.45) is 0.0602. The van der Waals surface area contributed by atoms with E-state index in [9.17, 15) is 9.59 Å². The van der Waals surface area contributed by atoms with Gasteiger partial charge in [-0.05, 0) is 11.5 Å². The Bertz CT molecular complexity index is 534. The van der Waals surface area contributed by atoms with E-state index < -0.39 is 11.8 Å². The van der Waals surface area contributed by atoms with Crippen LogP contribution in [0.25, 0.3) is 0 Å². The van der Waals surface area contributed by atoms with Crippen molar-refractivity contribution >= 4 is 11.8 Å². The summed E-state index contributed by atoms with van der Waals surface area (Å²) in [7, 11) is 0. The predicted molar refractivity (Wildman–Crippen MR) is 92.4 cm³/mol. The Morgan fingerprint density at radius 1 is 1.21 bits per heavy atom. The molecular weight excluding hydrogens is 306 g/mol. The van der Waals surface area contributed by atoms with Gasteiger partial charge >= 0.3 is 11.8 Å². The van der Waals surface area contributed by atoms with Crippen LogP contribution >= 0.6 is 0 Å². The molecule has 2 rings (SSSR count). The molecule has 0 saturated carbocycles. The fraction of sp³-hybridized carbons (Fsp3) is 0.556. The number of nitrogens with zero attached hydrogens (tertiary/aromatic N) is 1. The van der Waals surface area contributed by atoms with Crippen LogP contribution in [0.4, 0.5) is 0 Å². The second kappa shape index (κ2) is 9.39. The van der Waals surface area contributed by atoms with E-state index >= 15 is 0 Å². The van der Waals surface area contributed by atoms with E-state index in [4.69, 9.17) is 4.74 Å². The van der Waals surface area contributed by atoms with Gasteiger partial charge in [0.2, 0.25) is 0 Å². The molecule has 6 nitrogen and oxygen atoms in total. The number of ether oxygens (including phenoxy) is 1. The summed E-state index contributed by atoms with van der Waals surface area (Å²) in [6, 6.07) is 10.1. The van der Waals surface area contributed by atoms with Gasteiger partial charge in [0.25, 0.3) is 0 Å². The number of hydrogen-bond acceptors (Lipinski definition) is 4. The summed E-state index contributed by atoms with van der Waals surface area (Å²) in [5.74, 6) is -0.804. The highest BCUT2D eigenvalue weighted by Crippen LogP contribution is 2.21. The first-order valence-corrected chi connectivity index (χ1v) is 8.51. The molecule has 1 aromatic rings. The van der Waals surface area contributed by atoms with E-state index in [1.165, 1.54) is 5.56 Å². The van der Waals surface area contributed by atoms with Crippen molar-refractivity contribution in [1.82, 2.24) is 15.5 Å². The number of benzene rings is 1. The van der Waals surface area contributed by atoms with E-state index in [0.29, 0.717) is 32.2 Å². The van der Waals surface area contributed by atoms with Crippen LogP contribution in [0.1, 0.15) is 25.5 Å². The van der Waals surface area contributed by atoms with Gasteiger partial charge in [0, 0.05) is 32.7 Å². The van der Waals surface area contributed by atoms with Crippen molar-refractivity contribution < 1.29 is 14.3 Å². The molecule has 0 unspecified atom stereocenters. The Balaban J connectivity index is 1.70. The van der Waals surface area contributed by atoms with Gasteiger partial charge in [0.15, 0.2) is 0 Å². The SMILES string of the molecule is CC(C)CNC(=O)C(=O)NCCN1CCO[C@@H](c2ccccc2)C1. The highest BCUT2D eigenvalue weighted by atomic mass is 16.5. The van der Waals surface area contributed by atoms with Crippen molar-refractivity contribution in [3.8, 4) is 0 Å². The molecule has 0 aliphatic carbocycles. The average Bonchev–Trinajstić information content (AvgIpc) is 2.60. The molecule has 2 amide bonds. The largest absolute Gasteiger partial charge is 0.371 e. The minimum atomic E-state index is -0.566. The van der Waals surface area contributed by atoms with Crippen LogP contribution in [-0.4, -0.2) is 56.0 Å². The van der Waals surface area contributed by atoms with Gasteiger partial charge < -0.3 is 15.4 Å². The van der Waals surface area contributed by atoms with Crippen LogP contribution in [0.2, 0.25) is 0 Å². The van der Waals surface area contributed by atoms with Crippen molar-refractivity contribution in [1.29, 1.82) is 0 Å². The Labute approximate surface area is 143 Å². The Morgan fingerprint density at radius 3 is 2.62 bits per heavy atom. The van der Waals surface area contributed by atoms with Gasteiger partial charge in [0.1, 0.15) is 0 Å². The highest BCUT2D eigenvalue weighted by Gasteiger charge is 2.22. The van der Waals surface area contributed by atoms with Crippen LogP contribution < -0.4 is 10.6 Å². The first kappa shape index (κ1) is 18.4. The molecule has 1 fully saturated rings. The smallest absolute Gasteiger partial charge is 0.309 e. The first-order valence-electron chi connectivity index (χ1n) is 8.51. The van der Waals surface area contributed by atoms with Gasteiger partial charge in [-0.15, -0.1) is 0 Å². The second-order valence-electron chi connectivity index (χ2n) is 6.43. The quantitative estimate of drug-likeness (QED) is 0.761. The zero-order chi connectivity index (χ0) is 17.4. The standard InChI is InChI=1S/C18H27N3O3/c1-14(2)12-20-18(23)17(22)19-8-9-21-10-11-24-16(13-21)15-6-4-3-5-7-15/h3-7,14,16H,8-13H2,1-2H3,(H,19,22)(H,20,23)/t16-/m1/s1. The van der Waals surface area contributed by atoms with Crippen molar-refractivity contribution in [3.63, 3.8) is 0 Å². The monoisotopic (exact) mass is 333 g/mol. The van der Waals surface area contributed by atoms with Crippen LogP contribution in [-0.2, 0) is 14.3 Å². The molecule has 24 heavy (non-hydrogen) atoms. The summed E-state index contributed by atoms with van der Waals surface area (Å²) in [5.41, 5.74) is 1.17. The third-order valence-electron chi connectivity index (χ3n) is 3.91. The fourth-order valence-electron chi connectivity index (χ4n) is 2.56. The van der Waals surface area contributed by atoms with Crippen molar-refractivity contribution in [2.75, 3.05) is 39.3 Å². The molecule has 2 N–H and O–H groups in total. The lowest BCUT2D eigenvalue weighted by Crippen LogP contribution is -2.46. The molecule has 1 atom stereocenters. The minimum absolute atomic E-state index is 0.0602. The third kappa shape index (κ3) is 5.94. The molecule has 1 saturated heterocycles. The maximum atomic E-state index is 11.7. The maximum absolute atomic E-state index is 11.7. The lowest BCUT2D eigenvalue weighted by atomic mass is 10.1. The van der Waals surface area contributed by atoms with Gasteiger partial charge in [-0.3, -0.25) is 14.5 Å². The molecule has 1 aliphatic rings. The molecule has 1 aliphatic heterocycles. The van der Waals surface area contributed by atoms with Crippen molar-refractivity contribution in [3.05, 3.63) is 35.9 Å². The summed E-state index contributed by atoms with van der Waals surface area (Å²) in [6.45, 7) is 7.93. The molecule has 1 aromatic carbocycles. The first-order chi connectivity index (χ1) is 11.6. The maximum Gasteiger partial charge on any atom is 0.309 e. The summed E-state index contributed by atoms with van der Waals surface area (Å²) < 4.78 is 5.82. The van der Waals surface area contributed by atoms with Crippen LogP contribution in [0, 0.1) is 5.92 Å². The Kier molecular flexibility index (Phi) is 7.21. The van der Waals surface area contributed by atoms with Crippen LogP contribution in [0.3, 0.4) is 0 Å². The zero-order valence-corrected chi connectivity index (χ0v) is 14.5. The summed E-state index contributed by atoms with van der Waals surface area (Å²) in [4.78, 5) is 25.6. The van der Waals surface area contributed by atoms with Gasteiger partial charge in [-0.1, -0.05) is 44.2 Å². The topological polar surface area (TPSA) is 70.7 Å². The third-order valence-corrected chi connectivity index (χ3v) is 3.91. The molecule has 6 heteroatoms. The Morgan fingerprint density at radius 2 is 1.92 bits per heavy atom. The van der Waals surface area contributed by atoms with Crippen molar-refractivity contribution in [2.24, 2.45) is 5.92 Å². The molecule has 0 radical (unpaired) electrons. The second-order valence-corrected chi connectivity index (χ2v) is 6.43. The predicted octanol–water partition coefficient (Wildman–Crippen LogP) is 0.948. The van der Waals surface area contributed by atoms with E-state index in [-0.39, 0.29) is 6.10 Å². The van der Waals surface area contributed by atoms with Crippen molar-refractivity contribution in [2.45, 2.75) is 20.0 Å². The molecule has 0 bridgehead atoms. The number of morpholine rings is 1. The van der Waals surface area contributed by atoms with Crippen LogP contribution in [0.15, 0.2) is 30.3 Å². The lowest BCUT2D eigenvalue weighted by molar-refractivity contribution is -0.139. The van der Waals surface area contributed by atoms with Gasteiger partial charge in [-0.2, -0.15) is 0 Å². The average molecular weight is 333 g/mol. The lowest BCUT2D eigenvalue weighted by Gasteiger charge is -2.33. The number of rotatable bonds is 6. The van der Waals surface area contributed by atoms with E-state index in [2.05, 4.69) is 27.7 Å².